The third-order valence-electron chi connectivity index (χ3n) is 2.91. The van der Waals surface area contributed by atoms with E-state index in [1.807, 2.05) is 31.2 Å². The van der Waals surface area contributed by atoms with Gasteiger partial charge in [0.1, 0.15) is 6.61 Å². The van der Waals surface area contributed by atoms with Gasteiger partial charge >= 0.3 is 0 Å². The van der Waals surface area contributed by atoms with E-state index >= 15 is 0 Å². The van der Waals surface area contributed by atoms with Crippen LogP contribution in [-0.4, -0.2) is 18.1 Å². The lowest BCUT2D eigenvalue weighted by atomic mass is 10.1. The average Bonchev–Trinajstić information content (AvgIpc) is 2.48. The molecule has 5 heteroatoms. The van der Waals surface area contributed by atoms with Crippen LogP contribution in [0.25, 0.3) is 0 Å². The summed E-state index contributed by atoms with van der Waals surface area (Å²) in [5.41, 5.74) is 7.75. The van der Waals surface area contributed by atoms with Crippen LogP contribution in [0.2, 0.25) is 0 Å². The number of ether oxygens (including phenoxy) is 2. The molecule has 2 N–H and O–H groups in total. The number of benzene rings is 1. The molecule has 0 atom stereocenters. The Hall–Kier alpha value is -1.59. The molecule has 0 saturated heterocycles. The van der Waals surface area contributed by atoms with Crippen molar-refractivity contribution >= 4 is 15.9 Å². The fraction of sp³-hybridized carbons (Fsp3) is 0.312. The number of nitrogens with two attached hydrogens (primary N) is 1. The van der Waals surface area contributed by atoms with Crippen LogP contribution in [0.1, 0.15) is 18.1 Å². The monoisotopic (exact) mass is 350 g/mol. The predicted octanol–water partition coefficient (Wildman–Crippen LogP) is 3.32. The van der Waals surface area contributed by atoms with Crippen LogP contribution >= 0.6 is 15.9 Å². The van der Waals surface area contributed by atoms with E-state index in [4.69, 9.17) is 15.2 Å². The molecule has 0 unspecified atom stereocenters. The molecule has 0 aliphatic carbocycles. The SMILES string of the molecule is CCOc1cc(CCN)cc(Br)c1OCc1cccnc1. The lowest BCUT2D eigenvalue weighted by Gasteiger charge is -2.15. The van der Waals surface area contributed by atoms with Crippen LogP contribution in [0, 0.1) is 0 Å². The molecule has 0 amide bonds. The highest BCUT2D eigenvalue weighted by Crippen LogP contribution is 2.37. The molecule has 1 aromatic heterocycles. The summed E-state index contributed by atoms with van der Waals surface area (Å²) >= 11 is 3.55. The first kappa shape index (κ1) is 15.8. The van der Waals surface area contributed by atoms with Gasteiger partial charge in [0.2, 0.25) is 0 Å². The highest BCUT2D eigenvalue weighted by molar-refractivity contribution is 9.10. The van der Waals surface area contributed by atoms with E-state index in [0.717, 1.165) is 27.8 Å². The summed E-state index contributed by atoms with van der Waals surface area (Å²) in [5.74, 6) is 1.45. The zero-order valence-electron chi connectivity index (χ0n) is 12.0. The fourth-order valence-corrected chi connectivity index (χ4v) is 2.58. The summed E-state index contributed by atoms with van der Waals surface area (Å²) in [5, 5.41) is 0. The van der Waals surface area contributed by atoms with E-state index in [1.165, 1.54) is 0 Å². The van der Waals surface area contributed by atoms with Crippen LogP contribution in [0.3, 0.4) is 0 Å². The first-order valence-corrected chi connectivity index (χ1v) is 7.71. The van der Waals surface area contributed by atoms with Crippen molar-refractivity contribution in [2.24, 2.45) is 5.73 Å². The lowest BCUT2D eigenvalue weighted by molar-refractivity contribution is 0.267. The first-order chi connectivity index (χ1) is 10.2. The molecule has 2 rings (SSSR count). The van der Waals surface area contributed by atoms with Crippen LogP contribution < -0.4 is 15.2 Å². The van der Waals surface area contributed by atoms with E-state index in [2.05, 4.69) is 20.9 Å². The standard InChI is InChI=1S/C16H19BrN2O2/c1-2-20-15-9-12(5-6-18)8-14(17)16(15)21-11-13-4-3-7-19-10-13/h3-4,7-10H,2,5-6,11,18H2,1H3. The van der Waals surface area contributed by atoms with Crippen molar-refractivity contribution in [2.45, 2.75) is 20.0 Å². The summed E-state index contributed by atoms with van der Waals surface area (Å²) in [7, 11) is 0. The molecule has 0 aliphatic rings. The third kappa shape index (κ3) is 4.44. The second-order valence-corrected chi connectivity index (χ2v) is 5.38. The summed E-state index contributed by atoms with van der Waals surface area (Å²) in [6.45, 7) is 3.59. The van der Waals surface area contributed by atoms with Crippen LogP contribution in [0.15, 0.2) is 41.1 Å². The van der Waals surface area contributed by atoms with Gasteiger partial charge in [-0.3, -0.25) is 4.98 Å². The van der Waals surface area contributed by atoms with Gasteiger partial charge in [0.05, 0.1) is 11.1 Å². The zero-order valence-corrected chi connectivity index (χ0v) is 13.6. The van der Waals surface area contributed by atoms with E-state index in [-0.39, 0.29) is 0 Å². The minimum atomic E-state index is 0.447. The molecule has 1 aromatic carbocycles. The second-order valence-electron chi connectivity index (χ2n) is 4.53. The highest BCUT2D eigenvalue weighted by atomic mass is 79.9. The molecule has 0 fully saturated rings. The summed E-state index contributed by atoms with van der Waals surface area (Å²) in [6.07, 6.45) is 4.34. The Balaban J connectivity index is 2.20. The number of aromatic nitrogens is 1. The number of hydrogen-bond donors (Lipinski definition) is 1. The average molecular weight is 351 g/mol. The van der Waals surface area contributed by atoms with Crippen molar-refractivity contribution in [3.63, 3.8) is 0 Å². The molecule has 21 heavy (non-hydrogen) atoms. The predicted molar refractivity (Wildman–Crippen MR) is 86.6 cm³/mol. The zero-order chi connectivity index (χ0) is 15.1. The Morgan fingerprint density at radius 1 is 1.24 bits per heavy atom. The van der Waals surface area contributed by atoms with Crippen molar-refractivity contribution < 1.29 is 9.47 Å². The first-order valence-electron chi connectivity index (χ1n) is 6.91. The minimum absolute atomic E-state index is 0.447. The minimum Gasteiger partial charge on any atom is -0.490 e. The maximum Gasteiger partial charge on any atom is 0.175 e. The normalized spacial score (nSPS) is 10.4. The van der Waals surface area contributed by atoms with Gasteiger partial charge in [-0.1, -0.05) is 6.07 Å². The Morgan fingerprint density at radius 2 is 2.10 bits per heavy atom. The Bertz CT molecular complexity index is 576. The van der Waals surface area contributed by atoms with Crippen molar-refractivity contribution in [3.8, 4) is 11.5 Å². The van der Waals surface area contributed by atoms with E-state index in [9.17, 15) is 0 Å². The summed E-state index contributed by atoms with van der Waals surface area (Å²) in [6, 6.07) is 7.87. The van der Waals surface area contributed by atoms with Crippen LogP contribution in [0.5, 0.6) is 11.5 Å². The quantitative estimate of drug-likeness (QED) is 0.831. The van der Waals surface area contributed by atoms with Crippen LogP contribution in [0.4, 0.5) is 0 Å². The highest BCUT2D eigenvalue weighted by Gasteiger charge is 2.12. The molecule has 0 spiro atoms. The molecule has 2 aromatic rings. The number of hydrogen-bond acceptors (Lipinski definition) is 4. The van der Waals surface area contributed by atoms with Crippen molar-refractivity contribution in [1.82, 2.24) is 4.98 Å². The molecule has 4 nitrogen and oxygen atoms in total. The molecule has 1 heterocycles. The molecular formula is C16H19BrN2O2. The second kappa shape index (κ2) is 8.00. The summed E-state index contributed by atoms with van der Waals surface area (Å²) in [4.78, 5) is 4.08. The van der Waals surface area contributed by atoms with Crippen molar-refractivity contribution in [1.29, 1.82) is 0 Å². The molecule has 0 bridgehead atoms. The van der Waals surface area contributed by atoms with Gasteiger partial charge < -0.3 is 15.2 Å². The maximum atomic E-state index is 5.90. The van der Waals surface area contributed by atoms with Gasteiger partial charge in [-0.05, 0) is 59.6 Å². The van der Waals surface area contributed by atoms with Gasteiger partial charge in [0.25, 0.3) is 0 Å². The molecule has 112 valence electrons. The Labute approximate surface area is 133 Å². The number of pyridine rings is 1. The fourth-order valence-electron chi connectivity index (χ4n) is 1.97. The van der Waals surface area contributed by atoms with Gasteiger partial charge in [-0.2, -0.15) is 0 Å². The molecule has 0 saturated carbocycles. The van der Waals surface area contributed by atoms with Gasteiger partial charge in [-0.25, -0.2) is 0 Å². The van der Waals surface area contributed by atoms with Crippen LogP contribution in [-0.2, 0) is 13.0 Å². The van der Waals surface area contributed by atoms with E-state index in [1.54, 1.807) is 12.4 Å². The summed E-state index contributed by atoms with van der Waals surface area (Å²) < 4.78 is 12.5. The molecule has 0 radical (unpaired) electrons. The van der Waals surface area contributed by atoms with Crippen molar-refractivity contribution in [2.75, 3.05) is 13.2 Å². The number of halogens is 1. The molecule has 0 aliphatic heterocycles. The van der Waals surface area contributed by atoms with Gasteiger partial charge in [0, 0.05) is 18.0 Å². The number of nitrogens with zero attached hydrogens (tertiary/aromatic N) is 1. The van der Waals surface area contributed by atoms with Gasteiger partial charge in [-0.15, -0.1) is 0 Å². The van der Waals surface area contributed by atoms with E-state index < -0.39 is 0 Å². The largest absolute Gasteiger partial charge is 0.490 e. The van der Waals surface area contributed by atoms with Crippen molar-refractivity contribution in [3.05, 3.63) is 52.3 Å². The smallest absolute Gasteiger partial charge is 0.175 e. The Morgan fingerprint density at radius 3 is 2.76 bits per heavy atom. The third-order valence-corrected chi connectivity index (χ3v) is 3.50. The van der Waals surface area contributed by atoms with Gasteiger partial charge in [0.15, 0.2) is 11.5 Å². The lowest BCUT2D eigenvalue weighted by Crippen LogP contribution is -2.05. The van der Waals surface area contributed by atoms with E-state index in [0.29, 0.717) is 25.5 Å². The maximum absolute atomic E-state index is 5.90. The molecular weight excluding hydrogens is 332 g/mol. The Kier molecular flexibility index (Phi) is 6.02. The topological polar surface area (TPSA) is 57.4 Å². The number of rotatable bonds is 7.